The van der Waals surface area contributed by atoms with Crippen molar-refractivity contribution in [2.24, 2.45) is 0 Å². The number of rotatable bonds is 5. The Labute approximate surface area is 92.2 Å². The molecule has 0 aliphatic carbocycles. The highest BCUT2D eigenvalue weighted by molar-refractivity contribution is 7.47. The lowest BCUT2D eigenvalue weighted by Crippen LogP contribution is -2.09. The molecule has 0 aliphatic rings. The third-order valence-electron chi connectivity index (χ3n) is 2.52. The minimum Gasteiger partial charge on any atom is -0.343 e. The number of hydrogen-bond donors (Lipinski definition) is 1. The van der Waals surface area contributed by atoms with E-state index in [0.717, 1.165) is 31.2 Å². The van der Waals surface area contributed by atoms with Crippen LogP contribution in [0.2, 0.25) is 0 Å². The first-order chi connectivity index (χ1) is 7.20. The lowest BCUT2D eigenvalue weighted by atomic mass is 10.00. The van der Waals surface area contributed by atoms with Crippen molar-refractivity contribution in [3.8, 4) is 0 Å². The molecule has 0 bridgehead atoms. The smallest absolute Gasteiger partial charge is 0.218 e. The van der Waals surface area contributed by atoms with Crippen molar-refractivity contribution < 1.29 is 9.46 Å². The first kappa shape index (κ1) is 12.5. The van der Waals surface area contributed by atoms with Crippen LogP contribution in [0.3, 0.4) is 0 Å². The first-order valence-corrected chi connectivity index (χ1v) is 6.90. The van der Waals surface area contributed by atoms with Crippen molar-refractivity contribution >= 4 is 13.3 Å². The standard InChI is InChI=1S/C12H19O2P/c1-3-6-10-8-5-9-12(15(13)14)11(10)7-4-2/h5,8-9,15H,3-4,6-7H2,1-2H3,(H,13,14). The summed E-state index contributed by atoms with van der Waals surface area (Å²) in [5.74, 6) is 0. The van der Waals surface area contributed by atoms with Crippen LogP contribution in [-0.2, 0) is 17.4 Å². The van der Waals surface area contributed by atoms with Gasteiger partial charge in [0.05, 0.1) is 0 Å². The Morgan fingerprint density at radius 2 is 1.87 bits per heavy atom. The van der Waals surface area contributed by atoms with E-state index in [1.807, 2.05) is 6.07 Å². The van der Waals surface area contributed by atoms with E-state index in [1.54, 1.807) is 6.07 Å². The fourth-order valence-corrected chi connectivity index (χ4v) is 2.67. The first-order valence-electron chi connectivity index (χ1n) is 5.54. The van der Waals surface area contributed by atoms with E-state index < -0.39 is 8.03 Å². The molecule has 0 heterocycles. The fraction of sp³-hybridized carbons (Fsp3) is 0.500. The zero-order valence-electron chi connectivity index (χ0n) is 9.42. The summed E-state index contributed by atoms with van der Waals surface area (Å²) >= 11 is 0. The molecule has 1 unspecified atom stereocenters. The summed E-state index contributed by atoms with van der Waals surface area (Å²) in [5.41, 5.74) is 2.34. The van der Waals surface area contributed by atoms with E-state index >= 15 is 0 Å². The van der Waals surface area contributed by atoms with Gasteiger partial charge in [-0.05, 0) is 30.0 Å². The van der Waals surface area contributed by atoms with E-state index in [9.17, 15) is 9.46 Å². The average molecular weight is 226 g/mol. The molecule has 0 fully saturated rings. The van der Waals surface area contributed by atoms with Crippen molar-refractivity contribution in [3.05, 3.63) is 29.3 Å². The van der Waals surface area contributed by atoms with Gasteiger partial charge in [0.2, 0.25) is 8.03 Å². The molecule has 1 N–H and O–H groups in total. The molecule has 1 atom stereocenters. The third-order valence-corrected chi connectivity index (χ3v) is 3.45. The molecule has 0 saturated carbocycles. The second-order valence-corrected chi connectivity index (χ2v) is 4.90. The maximum absolute atomic E-state index is 11.2. The molecular formula is C12H19O2P. The zero-order valence-corrected chi connectivity index (χ0v) is 10.4. The maximum atomic E-state index is 11.2. The molecule has 3 heteroatoms. The van der Waals surface area contributed by atoms with Gasteiger partial charge in [0.15, 0.2) is 0 Å². The summed E-state index contributed by atoms with van der Waals surface area (Å²) in [6.07, 6.45) is 4.00. The highest BCUT2D eigenvalue weighted by Crippen LogP contribution is 2.21. The van der Waals surface area contributed by atoms with Crippen LogP contribution in [0.15, 0.2) is 18.2 Å². The predicted molar refractivity (Wildman–Crippen MR) is 65.3 cm³/mol. The summed E-state index contributed by atoms with van der Waals surface area (Å²) in [6.45, 7) is 4.23. The summed E-state index contributed by atoms with van der Waals surface area (Å²) in [5, 5.41) is 0.660. The lowest BCUT2D eigenvalue weighted by Gasteiger charge is -2.11. The summed E-state index contributed by atoms with van der Waals surface area (Å²) < 4.78 is 11.2. The van der Waals surface area contributed by atoms with Crippen LogP contribution in [0.4, 0.5) is 0 Å². The highest BCUT2D eigenvalue weighted by atomic mass is 31.1. The van der Waals surface area contributed by atoms with Gasteiger partial charge in [-0.3, -0.25) is 4.57 Å². The quantitative estimate of drug-likeness (QED) is 0.784. The van der Waals surface area contributed by atoms with Crippen LogP contribution in [0.5, 0.6) is 0 Å². The van der Waals surface area contributed by atoms with Crippen LogP contribution >= 0.6 is 8.03 Å². The van der Waals surface area contributed by atoms with Crippen LogP contribution in [0, 0.1) is 0 Å². The monoisotopic (exact) mass is 226 g/mol. The molecule has 84 valence electrons. The van der Waals surface area contributed by atoms with E-state index in [4.69, 9.17) is 0 Å². The highest BCUT2D eigenvalue weighted by Gasteiger charge is 2.10. The van der Waals surface area contributed by atoms with Gasteiger partial charge in [-0.1, -0.05) is 38.8 Å². The van der Waals surface area contributed by atoms with Crippen molar-refractivity contribution in [1.29, 1.82) is 0 Å². The van der Waals surface area contributed by atoms with E-state index in [-0.39, 0.29) is 0 Å². The van der Waals surface area contributed by atoms with E-state index in [1.165, 1.54) is 5.56 Å². The summed E-state index contributed by atoms with van der Waals surface area (Å²) in [6, 6.07) is 5.74. The molecule has 0 aliphatic heterocycles. The van der Waals surface area contributed by atoms with Gasteiger partial charge < -0.3 is 4.89 Å². The molecule has 1 rings (SSSR count). The lowest BCUT2D eigenvalue weighted by molar-refractivity contribution is 0.513. The molecule has 1 aromatic carbocycles. The van der Waals surface area contributed by atoms with Gasteiger partial charge in [0.25, 0.3) is 0 Å². The zero-order chi connectivity index (χ0) is 11.3. The predicted octanol–water partition coefficient (Wildman–Crippen LogP) is 2.68. The number of benzene rings is 1. The Morgan fingerprint density at radius 1 is 1.20 bits per heavy atom. The average Bonchev–Trinajstić information content (AvgIpc) is 2.21. The van der Waals surface area contributed by atoms with Gasteiger partial charge in [-0.2, -0.15) is 0 Å². The molecule has 2 nitrogen and oxygen atoms in total. The van der Waals surface area contributed by atoms with E-state index in [0.29, 0.717) is 5.30 Å². The van der Waals surface area contributed by atoms with Gasteiger partial charge in [-0.25, -0.2) is 0 Å². The second-order valence-electron chi connectivity index (χ2n) is 3.75. The topological polar surface area (TPSA) is 37.3 Å². The molecular weight excluding hydrogens is 207 g/mol. The number of hydrogen-bond acceptors (Lipinski definition) is 1. The Kier molecular flexibility index (Phi) is 5.07. The van der Waals surface area contributed by atoms with Crippen LogP contribution in [0.25, 0.3) is 0 Å². The van der Waals surface area contributed by atoms with Crippen LogP contribution in [-0.4, -0.2) is 4.89 Å². The Bertz CT molecular complexity index is 347. The van der Waals surface area contributed by atoms with Crippen LogP contribution < -0.4 is 5.30 Å². The van der Waals surface area contributed by atoms with Crippen LogP contribution in [0.1, 0.15) is 37.8 Å². The van der Waals surface area contributed by atoms with Gasteiger partial charge in [0.1, 0.15) is 0 Å². The SMILES string of the molecule is CCCc1cccc([PH](=O)O)c1CCC. The van der Waals surface area contributed by atoms with E-state index in [2.05, 4.69) is 19.9 Å². The molecule has 0 aromatic heterocycles. The normalized spacial score (nSPS) is 12.7. The Hall–Kier alpha value is -0.590. The molecule has 0 saturated heterocycles. The summed E-state index contributed by atoms with van der Waals surface area (Å²) in [4.78, 5) is 9.27. The maximum Gasteiger partial charge on any atom is 0.218 e. The van der Waals surface area contributed by atoms with Gasteiger partial charge in [0, 0.05) is 5.30 Å². The Morgan fingerprint density at radius 3 is 2.40 bits per heavy atom. The molecule has 0 amide bonds. The second kappa shape index (κ2) is 6.09. The molecule has 15 heavy (non-hydrogen) atoms. The van der Waals surface area contributed by atoms with Gasteiger partial charge in [-0.15, -0.1) is 0 Å². The largest absolute Gasteiger partial charge is 0.343 e. The Balaban J connectivity index is 3.15. The van der Waals surface area contributed by atoms with Gasteiger partial charge >= 0.3 is 0 Å². The minimum absolute atomic E-state index is 0.660. The molecule has 0 spiro atoms. The van der Waals surface area contributed by atoms with Crippen molar-refractivity contribution in [2.45, 2.75) is 39.5 Å². The number of aryl methyl sites for hydroxylation is 1. The molecule has 1 aromatic rings. The van der Waals surface area contributed by atoms with Crippen molar-refractivity contribution in [1.82, 2.24) is 0 Å². The summed E-state index contributed by atoms with van der Waals surface area (Å²) in [7, 11) is -2.55. The fourth-order valence-electron chi connectivity index (χ4n) is 1.88. The van der Waals surface area contributed by atoms with Crippen molar-refractivity contribution in [2.75, 3.05) is 0 Å². The van der Waals surface area contributed by atoms with Crippen molar-refractivity contribution in [3.63, 3.8) is 0 Å². The third kappa shape index (κ3) is 3.19. The molecule has 0 radical (unpaired) electrons. The minimum atomic E-state index is -2.55.